The molecule has 1 unspecified atom stereocenters. The third-order valence-electron chi connectivity index (χ3n) is 2.58. The summed E-state index contributed by atoms with van der Waals surface area (Å²) in [5.41, 5.74) is 6.48. The number of nitrogens with two attached hydrogens (primary N) is 1. The Morgan fingerprint density at radius 2 is 2.12 bits per heavy atom. The summed E-state index contributed by atoms with van der Waals surface area (Å²) in [5, 5.41) is 8.95. The van der Waals surface area contributed by atoms with E-state index in [2.05, 4.69) is 0 Å². The third-order valence-corrected chi connectivity index (χ3v) is 2.58. The summed E-state index contributed by atoms with van der Waals surface area (Å²) in [7, 11) is 0. The van der Waals surface area contributed by atoms with Crippen LogP contribution in [-0.4, -0.2) is 17.6 Å². The first-order chi connectivity index (χ1) is 7.47. The lowest BCUT2D eigenvalue weighted by molar-refractivity contribution is -0.138. The topological polar surface area (TPSA) is 63.3 Å². The highest BCUT2D eigenvalue weighted by Gasteiger charge is 2.19. The van der Waals surface area contributed by atoms with Crippen LogP contribution in [-0.2, 0) is 4.79 Å². The van der Waals surface area contributed by atoms with Crippen molar-refractivity contribution >= 4 is 5.97 Å². The summed E-state index contributed by atoms with van der Waals surface area (Å²) < 4.78 is 13.4. The van der Waals surface area contributed by atoms with Gasteiger partial charge >= 0.3 is 5.97 Å². The molecule has 0 spiro atoms. The second-order valence-corrected chi connectivity index (χ2v) is 4.06. The standard InChI is InChI=1S/C12H16FNO2/c1-7(2)9-5-8(3-4-11(9)13)10(6-14)12(15)16/h3-5,7,10H,6,14H2,1-2H3,(H,15,16). The van der Waals surface area contributed by atoms with Crippen LogP contribution in [0.3, 0.4) is 0 Å². The highest BCUT2D eigenvalue weighted by atomic mass is 19.1. The van der Waals surface area contributed by atoms with Crippen molar-refractivity contribution in [2.24, 2.45) is 5.73 Å². The van der Waals surface area contributed by atoms with Gasteiger partial charge in [-0.3, -0.25) is 4.79 Å². The van der Waals surface area contributed by atoms with Gasteiger partial charge in [0.2, 0.25) is 0 Å². The van der Waals surface area contributed by atoms with Crippen molar-refractivity contribution in [2.45, 2.75) is 25.7 Å². The van der Waals surface area contributed by atoms with Crippen molar-refractivity contribution in [1.29, 1.82) is 0 Å². The quantitative estimate of drug-likeness (QED) is 0.824. The maximum Gasteiger partial charge on any atom is 0.312 e. The van der Waals surface area contributed by atoms with Crippen molar-refractivity contribution in [1.82, 2.24) is 0 Å². The first-order valence-electron chi connectivity index (χ1n) is 5.19. The van der Waals surface area contributed by atoms with Crippen LogP contribution in [0.5, 0.6) is 0 Å². The SMILES string of the molecule is CC(C)c1cc(C(CN)C(=O)O)ccc1F. The molecule has 0 aliphatic heterocycles. The molecule has 1 aromatic rings. The molecule has 0 bridgehead atoms. The van der Waals surface area contributed by atoms with E-state index in [0.717, 1.165) is 0 Å². The van der Waals surface area contributed by atoms with Gasteiger partial charge in [0.1, 0.15) is 5.82 Å². The van der Waals surface area contributed by atoms with E-state index in [1.54, 1.807) is 6.07 Å². The number of aliphatic carboxylic acids is 1. The van der Waals surface area contributed by atoms with Crippen LogP contribution in [0.2, 0.25) is 0 Å². The number of hydrogen-bond donors (Lipinski definition) is 2. The third kappa shape index (κ3) is 2.58. The fourth-order valence-corrected chi connectivity index (χ4v) is 1.60. The van der Waals surface area contributed by atoms with E-state index in [4.69, 9.17) is 10.8 Å². The highest BCUT2D eigenvalue weighted by Crippen LogP contribution is 2.23. The van der Waals surface area contributed by atoms with Gasteiger partial charge in [-0.2, -0.15) is 0 Å². The summed E-state index contributed by atoms with van der Waals surface area (Å²) in [6.45, 7) is 3.74. The Balaban J connectivity index is 3.15. The Bertz CT molecular complexity index is 391. The lowest BCUT2D eigenvalue weighted by Gasteiger charge is -2.14. The molecule has 16 heavy (non-hydrogen) atoms. The van der Waals surface area contributed by atoms with Gasteiger partial charge in [-0.15, -0.1) is 0 Å². The lowest BCUT2D eigenvalue weighted by Crippen LogP contribution is -2.21. The molecule has 0 heterocycles. The molecule has 1 aromatic carbocycles. The van der Waals surface area contributed by atoms with E-state index >= 15 is 0 Å². The monoisotopic (exact) mass is 225 g/mol. The number of halogens is 1. The molecule has 0 aliphatic carbocycles. The van der Waals surface area contributed by atoms with Gasteiger partial charge in [-0.05, 0) is 23.1 Å². The van der Waals surface area contributed by atoms with Crippen molar-refractivity contribution in [3.05, 3.63) is 35.1 Å². The van der Waals surface area contributed by atoms with Gasteiger partial charge < -0.3 is 10.8 Å². The molecule has 0 radical (unpaired) electrons. The number of rotatable bonds is 4. The zero-order chi connectivity index (χ0) is 12.3. The van der Waals surface area contributed by atoms with Crippen LogP contribution in [0.25, 0.3) is 0 Å². The van der Waals surface area contributed by atoms with Crippen molar-refractivity contribution in [3.8, 4) is 0 Å². The Hall–Kier alpha value is -1.42. The van der Waals surface area contributed by atoms with E-state index in [0.29, 0.717) is 11.1 Å². The fourth-order valence-electron chi connectivity index (χ4n) is 1.60. The first kappa shape index (κ1) is 12.6. The van der Waals surface area contributed by atoms with Gasteiger partial charge in [0.15, 0.2) is 0 Å². The molecule has 4 heteroatoms. The second-order valence-electron chi connectivity index (χ2n) is 4.06. The molecule has 3 nitrogen and oxygen atoms in total. The maximum absolute atomic E-state index is 13.4. The first-order valence-corrected chi connectivity index (χ1v) is 5.19. The Kier molecular flexibility index (Phi) is 4.01. The largest absolute Gasteiger partial charge is 0.481 e. The zero-order valence-corrected chi connectivity index (χ0v) is 9.40. The van der Waals surface area contributed by atoms with Crippen molar-refractivity contribution in [2.75, 3.05) is 6.54 Å². The lowest BCUT2D eigenvalue weighted by atomic mass is 9.93. The van der Waals surface area contributed by atoms with E-state index in [1.807, 2.05) is 13.8 Å². The molecule has 1 atom stereocenters. The van der Waals surface area contributed by atoms with Crippen LogP contribution < -0.4 is 5.73 Å². The smallest absolute Gasteiger partial charge is 0.312 e. The maximum atomic E-state index is 13.4. The summed E-state index contributed by atoms with van der Waals surface area (Å²) in [6, 6.07) is 4.37. The number of carbonyl (C=O) groups is 1. The van der Waals surface area contributed by atoms with Gasteiger partial charge in [0.25, 0.3) is 0 Å². The predicted molar refractivity (Wildman–Crippen MR) is 59.9 cm³/mol. The minimum Gasteiger partial charge on any atom is -0.481 e. The van der Waals surface area contributed by atoms with E-state index < -0.39 is 11.9 Å². The van der Waals surface area contributed by atoms with Crippen LogP contribution in [0.1, 0.15) is 36.8 Å². The summed E-state index contributed by atoms with van der Waals surface area (Å²) in [6.07, 6.45) is 0. The number of hydrogen-bond acceptors (Lipinski definition) is 2. The molecule has 0 aliphatic rings. The minimum atomic E-state index is -0.983. The number of benzene rings is 1. The normalized spacial score (nSPS) is 12.8. The van der Waals surface area contributed by atoms with Crippen molar-refractivity contribution in [3.63, 3.8) is 0 Å². The number of carboxylic acids is 1. The zero-order valence-electron chi connectivity index (χ0n) is 9.40. The van der Waals surface area contributed by atoms with E-state index in [-0.39, 0.29) is 18.3 Å². The van der Waals surface area contributed by atoms with Gasteiger partial charge in [0.05, 0.1) is 5.92 Å². The average Bonchev–Trinajstić information content (AvgIpc) is 2.20. The Labute approximate surface area is 94.1 Å². The molecule has 0 amide bonds. The summed E-state index contributed by atoms with van der Waals surface area (Å²) in [5.74, 6) is -2.03. The number of carboxylic acid groups (broad SMARTS) is 1. The van der Waals surface area contributed by atoms with E-state index in [1.165, 1.54) is 12.1 Å². The molecule has 0 saturated carbocycles. The molecule has 0 fully saturated rings. The molecule has 0 aromatic heterocycles. The van der Waals surface area contributed by atoms with Crippen LogP contribution in [0.4, 0.5) is 4.39 Å². The molecule has 88 valence electrons. The second kappa shape index (κ2) is 5.07. The van der Waals surface area contributed by atoms with Crippen LogP contribution >= 0.6 is 0 Å². The van der Waals surface area contributed by atoms with Crippen molar-refractivity contribution < 1.29 is 14.3 Å². The Morgan fingerprint density at radius 1 is 1.50 bits per heavy atom. The average molecular weight is 225 g/mol. The molecular formula is C12H16FNO2. The fraction of sp³-hybridized carbons (Fsp3) is 0.417. The molecule has 3 N–H and O–H groups in total. The van der Waals surface area contributed by atoms with Crippen LogP contribution in [0, 0.1) is 5.82 Å². The molecule has 1 rings (SSSR count). The molecule has 0 saturated heterocycles. The highest BCUT2D eigenvalue weighted by molar-refractivity contribution is 5.76. The minimum absolute atomic E-state index is 0.0124. The Morgan fingerprint density at radius 3 is 2.56 bits per heavy atom. The summed E-state index contributed by atoms with van der Waals surface area (Å²) in [4.78, 5) is 10.9. The molecular weight excluding hydrogens is 209 g/mol. The van der Waals surface area contributed by atoms with Gasteiger partial charge in [-0.25, -0.2) is 4.39 Å². The summed E-state index contributed by atoms with van der Waals surface area (Å²) >= 11 is 0. The van der Waals surface area contributed by atoms with Gasteiger partial charge in [-0.1, -0.05) is 26.0 Å². The van der Waals surface area contributed by atoms with Crippen LogP contribution in [0.15, 0.2) is 18.2 Å². The van der Waals surface area contributed by atoms with E-state index in [9.17, 15) is 9.18 Å². The predicted octanol–water partition coefficient (Wildman–Crippen LogP) is 2.08. The van der Waals surface area contributed by atoms with Gasteiger partial charge in [0, 0.05) is 6.54 Å².